The molecule has 0 aliphatic heterocycles. The molecule has 0 aliphatic rings. The van der Waals surface area contributed by atoms with Gasteiger partial charge in [0.2, 0.25) is 5.78 Å². The smallest absolute Gasteiger partial charge is 0.253 e. The molecule has 2 rings (SSSR count). The summed E-state index contributed by atoms with van der Waals surface area (Å²) < 4.78 is 0.830. The van der Waals surface area contributed by atoms with Gasteiger partial charge < -0.3 is 10.4 Å². The van der Waals surface area contributed by atoms with Crippen LogP contribution in [0.1, 0.15) is 20.7 Å². The predicted molar refractivity (Wildman–Crippen MR) is 78.4 cm³/mol. The SMILES string of the molecule is O=C(NC(O)C(=O)c1ccc(Br)cc1)c1ccccc1. The second-order valence-corrected chi connectivity index (χ2v) is 5.03. The molecule has 0 fully saturated rings. The summed E-state index contributed by atoms with van der Waals surface area (Å²) in [6.45, 7) is 0. The number of carbonyl (C=O) groups is 2. The molecule has 4 nitrogen and oxygen atoms in total. The lowest BCUT2D eigenvalue weighted by Crippen LogP contribution is -2.40. The van der Waals surface area contributed by atoms with Crippen LogP contribution >= 0.6 is 15.9 Å². The lowest BCUT2D eigenvalue weighted by atomic mass is 10.1. The fourth-order valence-electron chi connectivity index (χ4n) is 1.63. The average Bonchev–Trinajstić information content (AvgIpc) is 2.48. The molecule has 0 heterocycles. The van der Waals surface area contributed by atoms with Gasteiger partial charge in [0, 0.05) is 15.6 Å². The topological polar surface area (TPSA) is 66.4 Å². The predicted octanol–water partition coefficient (Wildman–Crippen LogP) is 2.38. The summed E-state index contributed by atoms with van der Waals surface area (Å²) in [5.41, 5.74) is 0.712. The summed E-state index contributed by atoms with van der Waals surface area (Å²) in [6.07, 6.45) is -1.57. The molecule has 102 valence electrons. The van der Waals surface area contributed by atoms with E-state index in [2.05, 4.69) is 21.2 Å². The van der Waals surface area contributed by atoms with Gasteiger partial charge in [0.15, 0.2) is 6.23 Å². The number of Topliss-reactive ketones (excluding diaryl/α,β-unsaturated/α-hetero) is 1. The van der Waals surface area contributed by atoms with Gasteiger partial charge in [0.25, 0.3) is 5.91 Å². The van der Waals surface area contributed by atoms with Crippen LogP contribution in [0.15, 0.2) is 59.1 Å². The van der Waals surface area contributed by atoms with Gasteiger partial charge in [0.1, 0.15) is 0 Å². The Labute approximate surface area is 124 Å². The molecule has 1 unspecified atom stereocenters. The molecule has 0 saturated carbocycles. The highest BCUT2D eigenvalue weighted by Crippen LogP contribution is 2.12. The molecule has 1 amide bonds. The minimum absolute atomic E-state index is 0.328. The maximum absolute atomic E-state index is 11.9. The standard InChI is InChI=1S/C15H12BrNO3/c16-12-8-6-10(7-9-12)13(18)15(20)17-14(19)11-4-2-1-3-5-11/h1-9,15,20H,(H,17,19). The Morgan fingerprint density at radius 3 is 2.15 bits per heavy atom. The molecule has 0 saturated heterocycles. The van der Waals surface area contributed by atoms with Gasteiger partial charge in [-0.25, -0.2) is 0 Å². The van der Waals surface area contributed by atoms with Crippen LogP contribution in [0.25, 0.3) is 0 Å². The molecule has 5 heteroatoms. The van der Waals surface area contributed by atoms with E-state index >= 15 is 0 Å². The van der Waals surface area contributed by atoms with Crippen molar-refractivity contribution < 1.29 is 14.7 Å². The number of nitrogens with one attached hydrogen (secondary N) is 1. The largest absolute Gasteiger partial charge is 0.367 e. The van der Waals surface area contributed by atoms with Gasteiger partial charge in [-0.05, 0) is 24.3 Å². The Morgan fingerprint density at radius 1 is 0.950 bits per heavy atom. The number of hydrogen-bond acceptors (Lipinski definition) is 3. The van der Waals surface area contributed by atoms with E-state index in [1.165, 1.54) is 0 Å². The summed E-state index contributed by atoms with van der Waals surface area (Å²) >= 11 is 3.26. The lowest BCUT2D eigenvalue weighted by molar-refractivity contribution is 0.0607. The van der Waals surface area contributed by atoms with Crippen molar-refractivity contribution in [2.75, 3.05) is 0 Å². The molecule has 2 N–H and O–H groups in total. The van der Waals surface area contributed by atoms with Crippen LogP contribution < -0.4 is 5.32 Å². The Bertz CT molecular complexity index is 611. The first kappa shape index (κ1) is 14.4. The van der Waals surface area contributed by atoms with Crippen LogP contribution in [0.5, 0.6) is 0 Å². The second-order valence-electron chi connectivity index (χ2n) is 4.11. The molecule has 0 bridgehead atoms. The molecule has 0 aliphatic carbocycles. The van der Waals surface area contributed by atoms with Crippen LogP contribution in [0.3, 0.4) is 0 Å². The van der Waals surface area contributed by atoms with E-state index in [4.69, 9.17) is 0 Å². The number of ketones is 1. The van der Waals surface area contributed by atoms with Crippen molar-refractivity contribution in [3.8, 4) is 0 Å². The van der Waals surface area contributed by atoms with Crippen molar-refractivity contribution >= 4 is 27.6 Å². The minimum atomic E-state index is -1.57. The fourth-order valence-corrected chi connectivity index (χ4v) is 1.90. The van der Waals surface area contributed by atoms with Crippen LogP contribution in [-0.2, 0) is 0 Å². The molecular weight excluding hydrogens is 322 g/mol. The van der Waals surface area contributed by atoms with Gasteiger partial charge in [0.05, 0.1) is 0 Å². The van der Waals surface area contributed by atoms with Crippen molar-refractivity contribution in [1.29, 1.82) is 0 Å². The lowest BCUT2D eigenvalue weighted by Gasteiger charge is -2.12. The number of rotatable bonds is 4. The summed E-state index contributed by atoms with van der Waals surface area (Å²) in [7, 11) is 0. The summed E-state index contributed by atoms with van der Waals surface area (Å²) in [4.78, 5) is 23.8. The van der Waals surface area contributed by atoms with Gasteiger partial charge in [-0.2, -0.15) is 0 Å². The van der Waals surface area contributed by atoms with E-state index in [9.17, 15) is 14.7 Å². The zero-order valence-corrected chi connectivity index (χ0v) is 12.0. The van der Waals surface area contributed by atoms with Crippen molar-refractivity contribution in [2.24, 2.45) is 0 Å². The zero-order chi connectivity index (χ0) is 14.5. The zero-order valence-electron chi connectivity index (χ0n) is 10.4. The van der Waals surface area contributed by atoms with Crippen molar-refractivity contribution in [3.05, 3.63) is 70.2 Å². The van der Waals surface area contributed by atoms with E-state index in [-0.39, 0.29) is 0 Å². The quantitative estimate of drug-likeness (QED) is 0.666. The number of benzene rings is 2. The fraction of sp³-hybridized carbons (Fsp3) is 0.0667. The Balaban J connectivity index is 2.05. The first-order valence-electron chi connectivity index (χ1n) is 5.91. The van der Waals surface area contributed by atoms with E-state index in [0.29, 0.717) is 11.1 Å². The summed E-state index contributed by atoms with van der Waals surface area (Å²) in [6, 6.07) is 14.9. The molecule has 2 aromatic rings. The number of amides is 1. The highest BCUT2D eigenvalue weighted by molar-refractivity contribution is 9.10. The third-order valence-electron chi connectivity index (χ3n) is 2.68. The molecule has 20 heavy (non-hydrogen) atoms. The Hall–Kier alpha value is -1.98. The average molecular weight is 334 g/mol. The first-order chi connectivity index (χ1) is 9.58. The molecule has 0 aromatic heterocycles. The minimum Gasteiger partial charge on any atom is -0.367 e. The maximum Gasteiger partial charge on any atom is 0.253 e. The van der Waals surface area contributed by atoms with Crippen LogP contribution in [0.4, 0.5) is 0 Å². The van der Waals surface area contributed by atoms with Gasteiger partial charge >= 0.3 is 0 Å². The molecule has 0 radical (unpaired) electrons. The Morgan fingerprint density at radius 2 is 1.55 bits per heavy atom. The maximum atomic E-state index is 11.9. The monoisotopic (exact) mass is 333 g/mol. The van der Waals surface area contributed by atoms with Crippen molar-refractivity contribution in [3.63, 3.8) is 0 Å². The third-order valence-corrected chi connectivity index (χ3v) is 3.21. The number of aliphatic hydroxyl groups is 1. The number of carbonyl (C=O) groups excluding carboxylic acids is 2. The van der Waals surface area contributed by atoms with Gasteiger partial charge in [-0.3, -0.25) is 9.59 Å². The van der Waals surface area contributed by atoms with Crippen molar-refractivity contribution in [1.82, 2.24) is 5.32 Å². The number of aliphatic hydroxyl groups excluding tert-OH is 1. The molecular formula is C15H12BrNO3. The second kappa shape index (κ2) is 6.45. The van der Waals surface area contributed by atoms with E-state index < -0.39 is 17.9 Å². The Kier molecular flexibility index (Phi) is 4.65. The van der Waals surface area contributed by atoms with Crippen LogP contribution in [-0.4, -0.2) is 23.0 Å². The van der Waals surface area contributed by atoms with Gasteiger partial charge in [-0.15, -0.1) is 0 Å². The number of hydrogen-bond donors (Lipinski definition) is 2. The molecule has 0 spiro atoms. The van der Waals surface area contributed by atoms with Crippen LogP contribution in [0.2, 0.25) is 0 Å². The normalized spacial score (nSPS) is 11.7. The van der Waals surface area contributed by atoms with E-state index in [1.54, 1.807) is 54.6 Å². The van der Waals surface area contributed by atoms with E-state index in [1.807, 2.05) is 0 Å². The summed E-state index contributed by atoms with van der Waals surface area (Å²) in [5.74, 6) is -1.05. The van der Waals surface area contributed by atoms with Crippen molar-refractivity contribution in [2.45, 2.75) is 6.23 Å². The highest BCUT2D eigenvalue weighted by Gasteiger charge is 2.19. The van der Waals surface area contributed by atoms with E-state index in [0.717, 1.165) is 4.47 Å². The van der Waals surface area contributed by atoms with Gasteiger partial charge in [-0.1, -0.05) is 46.3 Å². The molecule has 2 aromatic carbocycles. The third kappa shape index (κ3) is 3.53. The highest BCUT2D eigenvalue weighted by atomic mass is 79.9. The summed E-state index contributed by atoms with van der Waals surface area (Å²) in [5, 5.41) is 12.0. The number of halogens is 1. The van der Waals surface area contributed by atoms with Crippen LogP contribution in [0, 0.1) is 0 Å². The first-order valence-corrected chi connectivity index (χ1v) is 6.71. The molecule has 1 atom stereocenters.